The first-order chi connectivity index (χ1) is 8.95. The van der Waals surface area contributed by atoms with Crippen molar-refractivity contribution in [3.63, 3.8) is 0 Å². The lowest BCUT2D eigenvalue weighted by Crippen LogP contribution is -2.43. The van der Waals surface area contributed by atoms with E-state index in [9.17, 15) is 4.79 Å². The topological polar surface area (TPSA) is 49.8 Å². The summed E-state index contributed by atoms with van der Waals surface area (Å²) >= 11 is 5.89. The number of carbonyl (C=O) groups excluding carboxylic acids is 1. The fourth-order valence-corrected chi connectivity index (χ4v) is 1.82. The highest BCUT2D eigenvalue weighted by Crippen LogP contribution is 2.21. The van der Waals surface area contributed by atoms with E-state index in [0.29, 0.717) is 17.3 Å². The summed E-state index contributed by atoms with van der Waals surface area (Å²) in [7, 11) is 1.65. The number of ether oxygens (including phenoxy) is 1. The zero-order chi connectivity index (χ0) is 14.4. The molecular weight excluding hydrogens is 266 g/mol. The van der Waals surface area contributed by atoms with E-state index in [-0.39, 0.29) is 18.4 Å². The van der Waals surface area contributed by atoms with Gasteiger partial charge in [-0.25, -0.2) is 0 Å². The second-order valence-electron chi connectivity index (χ2n) is 4.72. The number of hydrogen-bond acceptors (Lipinski definition) is 3. The maximum atomic E-state index is 12.2. The summed E-state index contributed by atoms with van der Waals surface area (Å²) in [5.41, 5.74) is 0. The second-order valence-corrected chi connectivity index (χ2v) is 5.16. The molecule has 106 valence electrons. The Morgan fingerprint density at radius 1 is 1.47 bits per heavy atom. The molecule has 0 fully saturated rings. The molecule has 0 aliphatic heterocycles. The standard InChI is InChI=1S/C14H20ClNO3/c1-10(2)13(14(18)16(3)7-8-17)19-12-6-4-5-11(15)9-12/h4-6,9-10,13,17H,7-8H2,1-3H3. The lowest BCUT2D eigenvalue weighted by molar-refractivity contribution is -0.139. The van der Waals surface area contributed by atoms with Crippen molar-refractivity contribution in [2.45, 2.75) is 20.0 Å². The molecule has 1 N–H and O–H groups in total. The molecule has 1 unspecified atom stereocenters. The van der Waals surface area contributed by atoms with Crippen molar-refractivity contribution >= 4 is 17.5 Å². The minimum atomic E-state index is -0.588. The molecule has 0 saturated heterocycles. The Morgan fingerprint density at radius 2 is 2.16 bits per heavy atom. The molecular formula is C14H20ClNO3. The normalized spacial score (nSPS) is 12.3. The molecule has 0 saturated carbocycles. The highest BCUT2D eigenvalue weighted by atomic mass is 35.5. The lowest BCUT2D eigenvalue weighted by Gasteiger charge is -2.26. The average Bonchev–Trinajstić information content (AvgIpc) is 2.35. The van der Waals surface area contributed by atoms with Crippen LogP contribution in [-0.2, 0) is 4.79 Å². The molecule has 1 aromatic rings. The van der Waals surface area contributed by atoms with Crippen LogP contribution < -0.4 is 4.74 Å². The predicted octanol–water partition coefficient (Wildman–Crippen LogP) is 2.19. The molecule has 19 heavy (non-hydrogen) atoms. The third-order valence-corrected chi connectivity index (χ3v) is 2.95. The summed E-state index contributed by atoms with van der Waals surface area (Å²) in [6.45, 7) is 4.06. The zero-order valence-electron chi connectivity index (χ0n) is 11.5. The first-order valence-corrected chi connectivity index (χ1v) is 6.61. The number of halogens is 1. The summed E-state index contributed by atoms with van der Waals surface area (Å²) in [5, 5.41) is 9.45. The van der Waals surface area contributed by atoms with Crippen molar-refractivity contribution < 1.29 is 14.6 Å². The first kappa shape index (κ1) is 15.8. The number of benzene rings is 1. The van der Waals surface area contributed by atoms with Gasteiger partial charge in [-0.3, -0.25) is 4.79 Å². The van der Waals surface area contributed by atoms with E-state index < -0.39 is 6.10 Å². The van der Waals surface area contributed by atoms with Gasteiger partial charge in [-0.05, 0) is 24.1 Å². The van der Waals surface area contributed by atoms with Gasteiger partial charge in [-0.15, -0.1) is 0 Å². The second kappa shape index (κ2) is 7.36. The number of amides is 1. The molecule has 1 atom stereocenters. The van der Waals surface area contributed by atoms with E-state index in [1.165, 1.54) is 4.90 Å². The van der Waals surface area contributed by atoms with Gasteiger partial charge in [0.1, 0.15) is 5.75 Å². The molecule has 5 heteroatoms. The summed E-state index contributed by atoms with van der Waals surface area (Å²) in [4.78, 5) is 13.7. The number of likely N-dealkylation sites (N-methyl/N-ethyl adjacent to an activating group) is 1. The van der Waals surface area contributed by atoms with Crippen molar-refractivity contribution in [2.24, 2.45) is 5.92 Å². The van der Waals surface area contributed by atoms with E-state index in [1.807, 2.05) is 13.8 Å². The molecule has 0 aliphatic rings. The molecule has 0 bridgehead atoms. The van der Waals surface area contributed by atoms with Gasteiger partial charge in [-0.1, -0.05) is 31.5 Å². The van der Waals surface area contributed by atoms with Crippen LogP contribution in [0.15, 0.2) is 24.3 Å². The van der Waals surface area contributed by atoms with Crippen molar-refractivity contribution in [3.8, 4) is 5.75 Å². The molecule has 0 heterocycles. The van der Waals surface area contributed by atoms with Crippen LogP contribution in [0.5, 0.6) is 5.75 Å². The van der Waals surface area contributed by atoms with E-state index >= 15 is 0 Å². The van der Waals surface area contributed by atoms with Gasteiger partial charge in [0.25, 0.3) is 5.91 Å². The smallest absolute Gasteiger partial charge is 0.263 e. The van der Waals surface area contributed by atoms with Gasteiger partial charge < -0.3 is 14.7 Å². The van der Waals surface area contributed by atoms with Crippen LogP contribution in [0.4, 0.5) is 0 Å². The Labute approximate surface area is 118 Å². The quantitative estimate of drug-likeness (QED) is 0.872. The van der Waals surface area contributed by atoms with E-state index in [0.717, 1.165) is 0 Å². The molecule has 0 aromatic heterocycles. The van der Waals surface area contributed by atoms with Crippen LogP contribution >= 0.6 is 11.6 Å². The van der Waals surface area contributed by atoms with E-state index in [4.69, 9.17) is 21.4 Å². The Balaban J connectivity index is 2.81. The van der Waals surface area contributed by atoms with Crippen LogP contribution in [0.2, 0.25) is 5.02 Å². The highest BCUT2D eigenvalue weighted by molar-refractivity contribution is 6.30. The minimum absolute atomic E-state index is 0.0209. The number of carbonyl (C=O) groups is 1. The molecule has 0 spiro atoms. The summed E-state index contributed by atoms with van der Waals surface area (Å²) < 4.78 is 5.73. The van der Waals surface area contributed by atoms with Gasteiger partial charge in [0, 0.05) is 18.6 Å². The number of hydrogen-bond donors (Lipinski definition) is 1. The molecule has 0 aliphatic carbocycles. The lowest BCUT2D eigenvalue weighted by atomic mass is 10.1. The summed E-state index contributed by atoms with van der Waals surface area (Å²) in [5.74, 6) is 0.439. The van der Waals surface area contributed by atoms with Gasteiger partial charge in [0.05, 0.1) is 6.61 Å². The van der Waals surface area contributed by atoms with Crippen molar-refractivity contribution in [1.29, 1.82) is 0 Å². The first-order valence-electron chi connectivity index (χ1n) is 6.23. The van der Waals surface area contributed by atoms with Crippen LogP contribution in [0.1, 0.15) is 13.8 Å². The molecule has 1 amide bonds. The Bertz CT molecular complexity index is 423. The van der Waals surface area contributed by atoms with Crippen molar-refractivity contribution in [3.05, 3.63) is 29.3 Å². The zero-order valence-corrected chi connectivity index (χ0v) is 12.2. The maximum absolute atomic E-state index is 12.2. The maximum Gasteiger partial charge on any atom is 0.263 e. The van der Waals surface area contributed by atoms with Gasteiger partial charge in [-0.2, -0.15) is 0 Å². The minimum Gasteiger partial charge on any atom is -0.480 e. The van der Waals surface area contributed by atoms with E-state index in [2.05, 4.69) is 0 Å². The summed E-state index contributed by atoms with van der Waals surface area (Å²) in [6.07, 6.45) is -0.588. The number of nitrogens with zero attached hydrogens (tertiary/aromatic N) is 1. The summed E-state index contributed by atoms with van der Waals surface area (Å²) in [6, 6.07) is 6.96. The molecule has 0 radical (unpaired) electrons. The van der Waals surface area contributed by atoms with Crippen LogP contribution in [-0.4, -0.2) is 42.2 Å². The molecule has 1 rings (SSSR count). The van der Waals surface area contributed by atoms with Gasteiger partial charge in [0.2, 0.25) is 0 Å². The third-order valence-electron chi connectivity index (χ3n) is 2.72. The largest absolute Gasteiger partial charge is 0.480 e. The predicted molar refractivity (Wildman–Crippen MR) is 75.4 cm³/mol. The Hall–Kier alpha value is -1.26. The average molecular weight is 286 g/mol. The Morgan fingerprint density at radius 3 is 2.68 bits per heavy atom. The molecule has 4 nitrogen and oxygen atoms in total. The van der Waals surface area contributed by atoms with Crippen LogP contribution in [0.25, 0.3) is 0 Å². The fourth-order valence-electron chi connectivity index (χ4n) is 1.64. The Kier molecular flexibility index (Phi) is 6.12. The third kappa shape index (κ3) is 4.73. The van der Waals surface area contributed by atoms with Gasteiger partial charge >= 0.3 is 0 Å². The highest BCUT2D eigenvalue weighted by Gasteiger charge is 2.27. The van der Waals surface area contributed by atoms with Crippen molar-refractivity contribution in [2.75, 3.05) is 20.2 Å². The van der Waals surface area contributed by atoms with Crippen LogP contribution in [0.3, 0.4) is 0 Å². The fraction of sp³-hybridized carbons (Fsp3) is 0.500. The van der Waals surface area contributed by atoms with Crippen molar-refractivity contribution in [1.82, 2.24) is 4.90 Å². The monoisotopic (exact) mass is 285 g/mol. The van der Waals surface area contributed by atoms with E-state index in [1.54, 1.807) is 31.3 Å². The van der Waals surface area contributed by atoms with Crippen LogP contribution in [0, 0.1) is 5.92 Å². The number of aliphatic hydroxyl groups excluding tert-OH is 1. The SMILES string of the molecule is CC(C)C(Oc1cccc(Cl)c1)C(=O)N(C)CCO. The number of rotatable bonds is 6. The number of aliphatic hydroxyl groups is 1. The van der Waals surface area contributed by atoms with Gasteiger partial charge in [0.15, 0.2) is 6.10 Å². The molecule has 1 aromatic carbocycles.